The van der Waals surface area contributed by atoms with E-state index in [0.717, 1.165) is 12.8 Å². The Balaban J connectivity index is 1.31. The molecule has 4 rings (SSSR count). The Kier molecular flexibility index (Phi) is 5.51. The minimum atomic E-state index is -3.33. The maximum absolute atomic E-state index is 12.3. The number of nitrogens with zero attached hydrogens (tertiary/aromatic N) is 1. The summed E-state index contributed by atoms with van der Waals surface area (Å²) in [6, 6.07) is 16.3. The molecule has 2 aliphatic rings. The molecule has 0 unspecified atom stereocenters. The highest BCUT2D eigenvalue weighted by Gasteiger charge is 2.44. The Hall–Kier alpha value is -2.87. The number of benzene rings is 2. The first-order chi connectivity index (χ1) is 14.4. The molecular weight excluding hydrogens is 404 g/mol. The molecule has 0 aromatic heterocycles. The average molecular weight is 429 g/mol. The molecule has 1 heterocycles. The second-order valence-corrected chi connectivity index (χ2v) is 9.80. The fourth-order valence-electron chi connectivity index (χ4n) is 3.76. The van der Waals surface area contributed by atoms with Gasteiger partial charge in [0, 0.05) is 18.5 Å². The quantitative estimate of drug-likeness (QED) is 0.683. The summed E-state index contributed by atoms with van der Waals surface area (Å²) in [5, 5.41) is 2.85. The van der Waals surface area contributed by atoms with Gasteiger partial charge >= 0.3 is 5.97 Å². The number of rotatable bonds is 7. The lowest BCUT2D eigenvalue weighted by Crippen LogP contribution is -2.35. The first kappa shape index (κ1) is 20.4. The number of anilines is 1. The molecule has 8 heteroatoms. The lowest BCUT2D eigenvalue weighted by molar-refractivity contribution is -0.124. The third-order valence-electron chi connectivity index (χ3n) is 5.67. The van der Waals surface area contributed by atoms with Crippen molar-refractivity contribution in [2.45, 2.75) is 24.7 Å². The summed E-state index contributed by atoms with van der Waals surface area (Å²) < 4.78 is 30.6. The minimum absolute atomic E-state index is 0.0174. The molecule has 1 saturated carbocycles. The molecule has 0 bridgehead atoms. The van der Waals surface area contributed by atoms with Crippen LogP contribution in [0.4, 0.5) is 5.69 Å². The third kappa shape index (κ3) is 4.33. The molecule has 2 aromatic carbocycles. The number of esters is 1. The Morgan fingerprint density at radius 2 is 1.83 bits per heavy atom. The van der Waals surface area contributed by atoms with Gasteiger partial charge in [0.25, 0.3) is 5.91 Å². The highest BCUT2D eigenvalue weighted by atomic mass is 32.2. The zero-order valence-electron chi connectivity index (χ0n) is 16.5. The smallest absolute Gasteiger partial charge is 0.338 e. The Labute approximate surface area is 176 Å². The van der Waals surface area contributed by atoms with Crippen LogP contribution in [-0.4, -0.2) is 45.7 Å². The van der Waals surface area contributed by atoms with E-state index < -0.39 is 16.0 Å². The lowest BCUT2D eigenvalue weighted by Gasteiger charge is -2.17. The predicted octanol–water partition coefficient (Wildman–Crippen LogP) is 2.23. The van der Waals surface area contributed by atoms with Crippen LogP contribution in [0, 0.1) is 0 Å². The maximum atomic E-state index is 12.3. The first-order valence-corrected chi connectivity index (χ1v) is 11.6. The summed E-state index contributed by atoms with van der Waals surface area (Å²) in [5.74, 6) is -0.914. The van der Waals surface area contributed by atoms with Gasteiger partial charge < -0.3 is 10.1 Å². The molecule has 30 heavy (non-hydrogen) atoms. The molecule has 2 aromatic rings. The summed E-state index contributed by atoms with van der Waals surface area (Å²) in [4.78, 5) is 24.5. The van der Waals surface area contributed by atoms with Crippen LogP contribution in [0.1, 0.15) is 35.2 Å². The molecule has 1 saturated heterocycles. The predicted molar refractivity (Wildman–Crippen MR) is 113 cm³/mol. The molecule has 1 amide bonds. The van der Waals surface area contributed by atoms with E-state index in [1.807, 2.05) is 18.2 Å². The molecule has 158 valence electrons. The normalized spacial score (nSPS) is 18.6. The number of hydrogen-bond acceptors (Lipinski definition) is 5. The van der Waals surface area contributed by atoms with Gasteiger partial charge in [-0.25, -0.2) is 13.2 Å². The van der Waals surface area contributed by atoms with E-state index in [1.54, 1.807) is 18.2 Å². The van der Waals surface area contributed by atoms with Gasteiger partial charge in [0.1, 0.15) is 0 Å². The SMILES string of the molecule is O=C(COC(=O)c1cccc(N2CCCS2(=O)=O)c1)NCC1(c2ccccc2)CC1. The molecule has 0 radical (unpaired) electrons. The number of ether oxygens (including phenoxy) is 1. The average Bonchev–Trinajstić information content (AvgIpc) is 3.47. The van der Waals surface area contributed by atoms with Crippen LogP contribution in [0.2, 0.25) is 0 Å². The molecule has 1 aliphatic heterocycles. The molecule has 0 spiro atoms. The number of amides is 1. The zero-order valence-corrected chi connectivity index (χ0v) is 17.4. The molecule has 1 aliphatic carbocycles. The number of hydrogen-bond donors (Lipinski definition) is 1. The van der Waals surface area contributed by atoms with Crippen LogP contribution in [0.25, 0.3) is 0 Å². The van der Waals surface area contributed by atoms with E-state index in [9.17, 15) is 18.0 Å². The Morgan fingerprint density at radius 3 is 2.50 bits per heavy atom. The van der Waals surface area contributed by atoms with Gasteiger partial charge in [-0.1, -0.05) is 36.4 Å². The van der Waals surface area contributed by atoms with Crippen LogP contribution in [0.15, 0.2) is 54.6 Å². The molecule has 7 nitrogen and oxygen atoms in total. The standard InChI is InChI=1S/C22H24N2O5S/c25-20(23-16-22(10-11-22)18-7-2-1-3-8-18)15-29-21(26)17-6-4-9-19(14-17)24-12-5-13-30(24,27)28/h1-4,6-9,14H,5,10-13,15-16H2,(H,23,25). The number of carbonyl (C=O) groups is 2. The van der Waals surface area contributed by atoms with Crippen molar-refractivity contribution in [2.24, 2.45) is 0 Å². The van der Waals surface area contributed by atoms with Gasteiger partial charge in [-0.3, -0.25) is 9.10 Å². The second-order valence-electron chi connectivity index (χ2n) is 7.79. The minimum Gasteiger partial charge on any atom is -0.452 e. The van der Waals surface area contributed by atoms with E-state index in [0.29, 0.717) is 25.2 Å². The van der Waals surface area contributed by atoms with Crippen molar-refractivity contribution in [1.29, 1.82) is 0 Å². The van der Waals surface area contributed by atoms with Gasteiger partial charge in [-0.2, -0.15) is 0 Å². The van der Waals surface area contributed by atoms with E-state index in [-0.39, 0.29) is 29.2 Å². The zero-order chi connectivity index (χ0) is 21.2. The second kappa shape index (κ2) is 8.10. The van der Waals surface area contributed by atoms with Crippen molar-refractivity contribution in [3.63, 3.8) is 0 Å². The molecular formula is C22H24N2O5S. The van der Waals surface area contributed by atoms with E-state index in [1.165, 1.54) is 15.9 Å². The van der Waals surface area contributed by atoms with Crippen molar-refractivity contribution in [2.75, 3.05) is 29.8 Å². The lowest BCUT2D eigenvalue weighted by atomic mass is 9.96. The van der Waals surface area contributed by atoms with Crippen LogP contribution in [0.3, 0.4) is 0 Å². The fraction of sp³-hybridized carbons (Fsp3) is 0.364. The first-order valence-electron chi connectivity index (χ1n) is 10.00. The number of carbonyl (C=O) groups excluding carboxylic acids is 2. The molecule has 1 N–H and O–H groups in total. The van der Waals surface area contributed by atoms with Crippen LogP contribution in [-0.2, 0) is 25.0 Å². The van der Waals surface area contributed by atoms with Crippen LogP contribution >= 0.6 is 0 Å². The monoisotopic (exact) mass is 428 g/mol. The summed E-state index contributed by atoms with van der Waals surface area (Å²) in [7, 11) is -3.33. The summed E-state index contributed by atoms with van der Waals surface area (Å²) in [6.07, 6.45) is 2.59. The summed E-state index contributed by atoms with van der Waals surface area (Å²) in [6.45, 7) is 0.526. The maximum Gasteiger partial charge on any atom is 0.338 e. The van der Waals surface area contributed by atoms with Gasteiger partial charge in [0.05, 0.1) is 17.0 Å². The number of nitrogens with one attached hydrogen (secondary N) is 1. The molecule has 0 atom stereocenters. The van der Waals surface area contributed by atoms with Crippen LogP contribution in [0.5, 0.6) is 0 Å². The fourth-order valence-corrected chi connectivity index (χ4v) is 5.32. The van der Waals surface area contributed by atoms with Gasteiger partial charge in [0.2, 0.25) is 10.0 Å². The largest absolute Gasteiger partial charge is 0.452 e. The molecule has 2 fully saturated rings. The van der Waals surface area contributed by atoms with Crippen molar-refractivity contribution in [3.05, 3.63) is 65.7 Å². The van der Waals surface area contributed by atoms with Gasteiger partial charge in [-0.15, -0.1) is 0 Å². The Bertz CT molecular complexity index is 1050. The van der Waals surface area contributed by atoms with Gasteiger partial charge in [0.15, 0.2) is 6.61 Å². The summed E-state index contributed by atoms with van der Waals surface area (Å²) in [5.41, 5.74) is 1.84. The van der Waals surface area contributed by atoms with Crippen LogP contribution < -0.4 is 9.62 Å². The third-order valence-corrected chi connectivity index (χ3v) is 7.54. The van der Waals surface area contributed by atoms with Crippen molar-refractivity contribution < 1.29 is 22.7 Å². The van der Waals surface area contributed by atoms with Crippen molar-refractivity contribution in [1.82, 2.24) is 5.32 Å². The van der Waals surface area contributed by atoms with E-state index >= 15 is 0 Å². The highest BCUT2D eigenvalue weighted by Crippen LogP contribution is 2.47. The van der Waals surface area contributed by atoms with E-state index in [4.69, 9.17) is 4.74 Å². The van der Waals surface area contributed by atoms with Crippen molar-refractivity contribution in [3.8, 4) is 0 Å². The summed E-state index contributed by atoms with van der Waals surface area (Å²) >= 11 is 0. The van der Waals surface area contributed by atoms with E-state index in [2.05, 4.69) is 17.4 Å². The Morgan fingerprint density at radius 1 is 1.07 bits per heavy atom. The topological polar surface area (TPSA) is 92.8 Å². The highest BCUT2D eigenvalue weighted by molar-refractivity contribution is 7.93. The van der Waals surface area contributed by atoms with Crippen molar-refractivity contribution >= 4 is 27.6 Å². The van der Waals surface area contributed by atoms with Gasteiger partial charge in [-0.05, 0) is 43.0 Å². The number of sulfonamides is 1.